The molecule has 0 radical (unpaired) electrons. The first-order valence-electron chi connectivity index (χ1n) is 9.13. The molecule has 1 aromatic heterocycles. The van der Waals surface area contributed by atoms with E-state index < -0.39 is 11.5 Å². The zero-order chi connectivity index (χ0) is 19.4. The highest BCUT2D eigenvalue weighted by atomic mass is 35.5. The summed E-state index contributed by atoms with van der Waals surface area (Å²) in [7, 11) is 0. The zero-order valence-corrected chi connectivity index (χ0v) is 16.0. The fourth-order valence-corrected chi connectivity index (χ4v) is 3.50. The van der Waals surface area contributed by atoms with Crippen molar-refractivity contribution in [3.8, 4) is 11.3 Å². The number of carboxylic acids is 1. The molecule has 7 heteroatoms. The van der Waals surface area contributed by atoms with Gasteiger partial charge in [0.2, 0.25) is 5.91 Å². The predicted octanol–water partition coefficient (Wildman–Crippen LogP) is 4.08. The quantitative estimate of drug-likeness (QED) is 0.775. The highest BCUT2D eigenvalue weighted by molar-refractivity contribution is 6.30. The van der Waals surface area contributed by atoms with Gasteiger partial charge in [-0.1, -0.05) is 18.5 Å². The van der Waals surface area contributed by atoms with Gasteiger partial charge in [0.1, 0.15) is 5.54 Å². The molecule has 0 unspecified atom stereocenters. The molecule has 6 nitrogen and oxygen atoms in total. The number of hydrogen-bond donors (Lipinski definition) is 2. The Hall–Kier alpha value is -2.34. The van der Waals surface area contributed by atoms with Crippen LogP contribution >= 0.6 is 11.6 Å². The standard InChI is InChI=1S/C20H23ClN2O4/c1-13-8-10-20(11-9-13,19(25)26)23-17(24)6-7-18-22-12-16(27-18)14-2-4-15(21)5-3-14/h2-5,12-13H,6-11H2,1H3,(H,23,24)(H,25,26). The maximum atomic E-state index is 12.3. The van der Waals surface area contributed by atoms with E-state index in [0.29, 0.717) is 41.9 Å². The van der Waals surface area contributed by atoms with Crippen LogP contribution in [0.3, 0.4) is 0 Å². The summed E-state index contributed by atoms with van der Waals surface area (Å²) in [5.41, 5.74) is -0.293. The van der Waals surface area contributed by atoms with Gasteiger partial charge in [-0.2, -0.15) is 0 Å². The highest BCUT2D eigenvalue weighted by Crippen LogP contribution is 2.32. The number of carbonyl (C=O) groups is 2. The summed E-state index contributed by atoms with van der Waals surface area (Å²) in [6.07, 6.45) is 4.59. The summed E-state index contributed by atoms with van der Waals surface area (Å²) in [6, 6.07) is 7.20. The average molecular weight is 391 g/mol. The molecule has 1 heterocycles. The van der Waals surface area contributed by atoms with Crippen LogP contribution in [0.5, 0.6) is 0 Å². The van der Waals surface area contributed by atoms with Gasteiger partial charge in [-0.3, -0.25) is 4.79 Å². The zero-order valence-electron chi connectivity index (χ0n) is 15.2. The molecule has 1 saturated carbocycles. The molecule has 0 atom stereocenters. The number of aryl methyl sites for hydroxylation is 1. The van der Waals surface area contributed by atoms with E-state index in [4.69, 9.17) is 16.0 Å². The van der Waals surface area contributed by atoms with Crippen molar-refractivity contribution in [2.45, 2.75) is 51.0 Å². The lowest BCUT2D eigenvalue weighted by molar-refractivity contribution is -0.149. The van der Waals surface area contributed by atoms with Crippen LogP contribution in [-0.4, -0.2) is 27.5 Å². The van der Waals surface area contributed by atoms with E-state index in [1.807, 2.05) is 12.1 Å². The summed E-state index contributed by atoms with van der Waals surface area (Å²) < 4.78 is 5.69. The van der Waals surface area contributed by atoms with Gasteiger partial charge >= 0.3 is 5.97 Å². The van der Waals surface area contributed by atoms with Crippen LogP contribution in [0.25, 0.3) is 11.3 Å². The molecule has 0 saturated heterocycles. The van der Waals surface area contributed by atoms with Gasteiger partial charge in [0.25, 0.3) is 0 Å². The average Bonchev–Trinajstić information content (AvgIpc) is 3.11. The first kappa shape index (κ1) is 19.4. The topological polar surface area (TPSA) is 92.4 Å². The van der Waals surface area contributed by atoms with E-state index >= 15 is 0 Å². The van der Waals surface area contributed by atoms with Crippen molar-refractivity contribution in [2.75, 3.05) is 0 Å². The molecule has 27 heavy (non-hydrogen) atoms. The molecule has 0 aliphatic heterocycles. The van der Waals surface area contributed by atoms with Crippen LogP contribution in [0.2, 0.25) is 5.02 Å². The fourth-order valence-electron chi connectivity index (χ4n) is 3.37. The molecular weight excluding hydrogens is 368 g/mol. The number of benzene rings is 1. The lowest BCUT2D eigenvalue weighted by atomic mass is 9.77. The minimum atomic E-state index is -1.14. The summed E-state index contributed by atoms with van der Waals surface area (Å²) in [4.78, 5) is 28.3. The Morgan fingerprint density at radius 1 is 1.30 bits per heavy atom. The van der Waals surface area contributed by atoms with E-state index in [0.717, 1.165) is 18.4 Å². The number of halogens is 1. The number of rotatable bonds is 6. The number of aromatic nitrogens is 1. The van der Waals surface area contributed by atoms with Crippen LogP contribution in [0.1, 0.15) is 44.9 Å². The number of aliphatic carboxylic acids is 1. The van der Waals surface area contributed by atoms with Crippen LogP contribution in [0, 0.1) is 5.92 Å². The van der Waals surface area contributed by atoms with E-state index in [2.05, 4.69) is 17.2 Å². The molecule has 1 aliphatic carbocycles. The van der Waals surface area contributed by atoms with Crippen LogP contribution < -0.4 is 5.32 Å². The van der Waals surface area contributed by atoms with Gasteiger partial charge in [-0.25, -0.2) is 9.78 Å². The Morgan fingerprint density at radius 3 is 2.59 bits per heavy atom. The first-order valence-corrected chi connectivity index (χ1v) is 9.51. The molecule has 0 spiro atoms. The third-order valence-corrected chi connectivity index (χ3v) is 5.42. The lowest BCUT2D eigenvalue weighted by Gasteiger charge is -2.36. The smallest absolute Gasteiger partial charge is 0.329 e. The van der Waals surface area contributed by atoms with Crippen LogP contribution in [-0.2, 0) is 16.0 Å². The summed E-state index contributed by atoms with van der Waals surface area (Å²) in [6.45, 7) is 2.11. The number of hydrogen-bond acceptors (Lipinski definition) is 4. The SMILES string of the molecule is CC1CCC(NC(=O)CCc2ncc(-c3ccc(Cl)cc3)o2)(C(=O)O)CC1. The Morgan fingerprint density at radius 2 is 1.96 bits per heavy atom. The molecule has 3 rings (SSSR count). The van der Waals surface area contributed by atoms with E-state index in [1.165, 1.54) is 0 Å². The van der Waals surface area contributed by atoms with E-state index in [-0.39, 0.29) is 12.3 Å². The first-order chi connectivity index (χ1) is 12.9. The van der Waals surface area contributed by atoms with Gasteiger partial charge in [-0.05, 0) is 55.9 Å². The third-order valence-electron chi connectivity index (χ3n) is 5.16. The third kappa shape index (κ3) is 4.69. The normalized spacial score (nSPS) is 22.4. The second-order valence-corrected chi connectivity index (χ2v) is 7.68. The largest absolute Gasteiger partial charge is 0.480 e. The maximum absolute atomic E-state index is 12.3. The molecule has 2 aromatic rings. The Kier molecular flexibility index (Phi) is 5.85. The minimum absolute atomic E-state index is 0.130. The molecule has 1 aromatic carbocycles. The lowest BCUT2D eigenvalue weighted by Crippen LogP contribution is -2.56. The predicted molar refractivity (Wildman–Crippen MR) is 101 cm³/mol. The molecule has 1 fully saturated rings. The fraction of sp³-hybridized carbons (Fsp3) is 0.450. The van der Waals surface area contributed by atoms with Gasteiger partial charge < -0.3 is 14.8 Å². The number of amides is 1. The van der Waals surface area contributed by atoms with Crippen molar-refractivity contribution in [1.29, 1.82) is 0 Å². The Balaban J connectivity index is 1.57. The van der Waals surface area contributed by atoms with E-state index in [1.54, 1.807) is 18.3 Å². The van der Waals surface area contributed by atoms with E-state index in [9.17, 15) is 14.7 Å². The number of oxazole rings is 1. The number of nitrogens with one attached hydrogen (secondary N) is 1. The molecule has 2 N–H and O–H groups in total. The maximum Gasteiger partial charge on any atom is 0.329 e. The number of nitrogens with zero attached hydrogens (tertiary/aromatic N) is 1. The molecular formula is C20H23ClN2O4. The summed E-state index contributed by atoms with van der Waals surface area (Å²) in [5.74, 6) is 0.289. The van der Waals surface area contributed by atoms with Gasteiger partial charge in [0.05, 0.1) is 6.20 Å². The van der Waals surface area contributed by atoms with Crippen molar-refractivity contribution in [2.24, 2.45) is 5.92 Å². The van der Waals surface area contributed by atoms with Crippen LogP contribution in [0.4, 0.5) is 0 Å². The minimum Gasteiger partial charge on any atom is -0.480 e. The van der Waals surface area contributed by atoms with Crippen molar-refractivity contribution in [3.63, 3.8) is 0 Å². The Bertz CT molecular complexity index is 808. The second-order valence-electron chi connectivity index (χ2n) is 7.24. The number of carbonyl (C=O) groups excluding carboxylic acids is 1. The highest BCUT2D eigenvalue weighted by Gasteiger charge is 2.42. The second kappa shape index (κ2) is 8.13. The van der Waals surface area contributed by atoms with Gasteiger partial charge in [0.15, 0.2) is 11.7 Å². The van der Waals surface area contributed by atoms with Crippen LogP contribution in [0.15, 0.2) is 34.9 Å². The summed E-state index contributed by atoms with van der Waals surface area (Å²) in [5, 5.41) is 13.0. The van der Waals surface area contributed by atoms with Gasteiger partial charge in [-0.15, -0.1) is 0 Å². The summed E-state index contributed by atoms with van der Waals surface area (Å²) >= 11 is 5.88. The van der Waals surface area contributed by atoms with Crippen molar-refractivity contribution >= 4 is 23.5 Å². The molecule has 0 bridgehead atoms. The molecule has 1 amide bonds. The monoisotopic (exact) mass is 390 g/mol. The van der Waals surface area contributed by atoms with Crippen molar-refractivity contribution in [3.05, 3.63) is 41.4 Å². The molecule has 1 aliphatic rings. The van der Waals surface area contributed by atoms with Crippen molar-refractivity contribution < 1.29 is 19.1 Å². The Labute approximate surface area is 162 Å². The number of carboxylic acid groups (broad SMARTS) is 1. The van der Waals surface area contributed by atoms with Crippen molar-refractivity contribution in [1.82, 2.24) is 10.3 Å². The van der Waals surface area contributed by atoms with Gasteiger partial charge in [0, 0.05) is 23.4 Å². The molecule has 144 valence electrons.